The molecule has 1 nitrogen and oxygen atoms in total. The summed E-state index contributed by atoms with van der Waals surface area (Å²) in [6, 6.07) is 0. The molecular formula is C12H18Cl3N. The van der Waals surface area contributed by atoms with Gasteiger partial charge in [0.05, 0.1) is 5.16 Å². The summed E-state index contributed by atoms with van der Waals surface area (Å²) in [4.78, 5) is 0. The van der Waals surface area contributed by atoms with Gasteiger partial charge in [0.15, 0.2) is 0 Å². The maximum atomic E-state index is 6.09. The second-order valence-electron chi connectivity index (χ2n) is 3.72. The molecule has 0 fully saturated rings. The molecule has 0 bridgehead atoms. The van der Waals surface area contributed by atoms with Crippen LogP contribution in [0.1, 0.15) is 33.1 Å². The molecular weight excluding hydrogens is 264 g/mol. The van der Waals surface area contributed by atoms with E-state index in [0.717, 1.165) is 23.4 Å². The van der Waals surface area contributed by atoms with Crippen molar-refractivity contribution in [1.29, 1.82) is 0 Å². The summed E-state index contributed by atoms with van der Waals surface area (Å²) in [6.07, 6.45) is 4.13. The van der Waals surface area contributed by atoms with E-state index in [0.29, 0.717) is 16.6 Å². The lowest BCUT2D eigenvalue weighted by Crippen LogP contribution is -1.96. The summed E-state index contributed by atoms with van der Waals surface area (Å²) in [5.41, 5.74) is 6.48. The molecule has 1 unspecified atom stereocenters. The van der Waals surface area contributed by atoms with E-state index < -0.39 is 0 Å². The minimum absolute atomic E-state index is 0.220. The maximum Gasteiger partial charge on any atom is 0.0987 e. The van der Waals surface area contributed by atoms with Crippen molar-refractivity contribution in [3.8, 4) is 0 Å². The van der Waals surface area contributed by atoms with Crippen molar-refractivity contribution in [2.75, 3.05) is 0 Å². The van der Waals surface area contributed by atoms with Gasteiger partial charge in [0.1, 0.15) is 0 Å². The van der Waals surface area contributed by atoms with E-state index in [9.17, 15) is 0 Å². The zero-order valence-corrected chi connectivity index (χ0v) is 12.0. The minimum atomic E-state index is 0.220. The number of rotatable bonds is 6. The van der Waals surface area contributed by atoms with Crippen LogP contribution in [0.15, 0.2) is 33.4 Å². The number of hydrogen-bond donors (Lipinski definition) is 1. The molecule has 0 saturated carbocycles. The first-order valence-electron chi connectivity index (χ1n) is 5.20. The Labute approximate surface area is 113 Å². The molecule has 0 spiro atoms. The Hall–Kier alpha value is -0.110. The predicted octanol–water partition coefficient (Wildman–Crippen LogP) is 5.10. The van der Waals surface area contributed by atoms with Crippen molar-refractivity contribution in [3.63, 3.8) is 0 Å². The highest BCUT2D eigenvalue weighted by molar-refractivity contribution is 6.31. The van der Waals surface area contributed by atoms with Gasteiger partial charge in [0.25, 0.3) is 0 Å². The smallest absolute Gasteiger partial charge is 0.0987 e. The second kappa shape index (κ2) is 8.05. The van der Waals surface area contributed by atoms with E-state index in [1.165, 1.54) is 0 Å². The van der Waals surface area contributed by atoms with Gasteiger partial charge in [0.2, 0.25) is 0 Å². The Morgan fingerprint density at radius 2 is 1.94 bits per heavy atom. The lowest BCUT2D eigenvalue weighted by Gasteiger charge is -2.08. The molecule has 0 aliphatic heterocycles. The zero-order chi connectivity index (χ0) is 12.7. The fourth-order valence-electron chi connectivity index (χ4n) is 1.09. The summed E-state index contributed by atoms with van der Waals surface area (Å²) >= 11 is 17.6. The van der Waals surface area contributed by atoms with Crippen molar-refractivity contribution in [2.24, 2.45) is 11.7 Å². The van der Waals surface area contributed by atoms with Gasteiger partial charge in [-0.2, -0.15) is 0 Å². The Morgan fingerprint density at radius 1 is 1.38 bits per heavy atom. The minimum Gasteiger partial charge on any atom is -0.390 e. The van der Waals surface area contributed by atoms with Gasteiger partial charge < -0.3 is 5.73 Å². The molecule has 1 atom stereocenters. The maximum absolute atomic E-state index is 6.09. The molecule has 0 aromatic rings. The van der Waals surface area contributed by atoms with Crippen molar-refractivity contribution < 1.29 is 0 Å². The summed E-state index contributed by atoms with van der Waals surface area (Å²) in [6.45, 7) is 7.68. The van der Waals surface area contributed by atoms with Crippen LogP contribution < -0.4 is 5.73 Å². The average Bonchev–Trinajstić information content (AvgIpc) is 2.21. The van der Waals surface area contributed by atoms with E-state index in [-0.39, 0.29) is 5.92 Å². The highest BCUT2D eigenvalue weighted by atomic mass is 35.5. The normalized spacial score (nSPS) is 15.7. The summed E-state index contributed by atoms with van der Waals surface area (Å²) in [7, 11) is 0. The molecule has 0 aliphatic carbocycles. The fourth-order valence-corrected chi connectivity index (χ4v) is 1.63. The van der Waals surface area contributed by atoms with Gasteiger partial charge in [-0.1, -0.05) is 61.3 Å². The quantitative estimate of drug-likeness (QED) is 0.674. The first-order chi connectivity index (χ1) is 7.38. The lowest BCUT2D eigenvalue weighted by atomic mass is 10.1. The molecule has 0 aromatic carbocycles. The topological polar surface area (TPSA) is 26.0 Å². The Bertz CT molecular complexity index is 301. The van der Waals surface area contributed by atoms with E-state index in [1.807, 2.05) is 19.9 Å². The number of allylic oxidation sites excluding steroid dienone is 4. The van der Waals surface area contributed by atoms with Gasteiger partial charge in [-0.15, -0.1) is 0 Å². The van der Waals surface area contributed by atoms with Crippen LogP contribution in [0.2, 0.25) is 0 Å². The molecule has 2 N–H and O–H groups in total. The third kappa shape index (κ3) is 6.47. The molecule has 0 saturated heterocycles. The van der Waals surface area contributed by atoms with E-state index in [2.05, 4.69) is 6.58 Å². The Kier molecular flexibility index (Phi) is 8.00. The predicted molar refractivity (Wildman–Crippen MR) is 74.7 cm³/mol. The van der Waals surface area contributed by atoms with Crippen LogP contribution in [0, 0.1) is 5.92 Å². The lowest BCUT2D eigenvalue weighted by molar-refractivity contribution is 0.729. The van der Waals surface area contributed by atoms with Gasteiger partial charge in [-0.05, 0) is 24.3 Å². The Morgan fingerprint density at radius 3 is 2.31 bits per heavy atom. The van der Waals surface area contributed by atoms with E-state index in [1.54, 1.807) is 0 Å². The largest absolute Gasteiger partial charge is 0.390 e. The van der Waals surface area contributed by atoms with Crippen molar-refractivity contribution >= 4 is 34.8 Å². The van der Waals surface area contributed by atoms with Gasteiger partial charge in [-0.3, -0.25) is 0 Å². The first-order valence-corrected chi connectivity index (χ1v) is 6.33. The molecule has 0 aliphatic rings. The number of nitrogens with two attached hydrogens (primary N) is 1. The van der Waals surface area contributed by atoms with Crippen LogP contribution in [0.4, 0.5) is 0 Å². The zero-order valence-electron chi connectivity index (χ0n) is 9.69. The van der Waals surface area contributed by atoms with Crippen LogP contribution in [-0.4, -0.2) is 0 Å². The molecule has 0 aromatic heterocycles. The van der Waals surface area contributed by atoms with Crippen LogP contribution in [0.3, 0.4) is 0 Å². The van der Waals surface area contributed by atoms with Gasteiger partial charge in [-0.25, -0.2) is 0 Å². The first kappa shape index (κ1) is 15.9. The monoisotopic (exact) mass is 281 g/mol. The summed E-state index contributed by atoms with van der Waals surface area (Å²) < 4.78 is 0. The van der Waals surface area contributed by atoms with Gasteiger partial charge in [0, 0.05) is 16.5 Å². The molecule has 0 rings (SSSR count). The van der Waals surface area contributed by atoms with E-state index >= 15 is 0 Å². The standard InChI is InChI=1S/C12H18Cl3N/c1-4-10(12(15)16)7-11(14)6-5-8(2)9(3)13/h6,8H,3-5,7,16H2,1-2H3/b11-6-,12-10-. The third-order valence-electron chi connectivity index (χ3n) is 2.37. The molecule has 16 heavy (non-hydrogen) atoms. The van der Waals surface area contributed by atoms with Crippen molar-refractivity contribution in [3.05, 3.63) is 33.4 Å². The van der Waals surface area contributed by atoms with Crippen LogP contribution in [0.25, 0.3) is 0 Å². The molecule has 0 radical (unpaired) electrons. The second-order valence-corrected chi connectivity index (χ2v) is 5.09. The van der Waals surface area contributed by atoms with Crippen LogP contribution in [0.5, 0.6) is 0 Å². The molecule has 0 heterocycles. The van der Waals surface area contributed by atoms with Crippen LogP contribution >= 0.6 is 34.8 Å². The molecule has 4 heteroatoms. The highest BCUT2D eigenvalue weighted by Gasteiger charge is 2.05. The SMILES string of the molecule is C=C(Cl)C(C)C/C=C(\Cl)C/C(CC)=C(\N)Cl. The van der Waals surface area contributed by atoms with Crippen molar-refractivity contribution in [1.82, 2.24) is 0 Å². The number of hydrogen-bond acceptors (Lipinski definition) is 1. The van der Waals surface area contributed by atoms with Crippen molar-refractivity contribution in [2.45, 2.75) is 33.1 Å². The summed E-state index contributed by atoms with van der Waals surface area (Å²) in [5.74, 6) is 0.220. The molecule has 0 amide bonds. The number of halogens is 3. The van der Waals surface area contributed by atoms with E-state index in [4.69, 9.17) is 40.5 Å². The van der Waals surface area contributed by atoms with Gasteiger partial charge >= 0.3 is 0 Å². The summed E-state index contributed by atoms with van der Waals surface area (Å²) in [5, 5.41) is 1.72. The fraction of sp³-hybridized carbons (Fsp3) is 0.500. The highest BCUT2D eigenvalue weighted by Crippen LogP contribution is 2.23. The van der Waals surface area contributed by atoms with Crippen LogP contribution in [-0.2, 0) is 0 Å². The average molecular weight is 283 g/mol. The molecule has 92 valence electrons. The third-order valence-corrected chi connectivity index (χ3v) is 3.30. The Balaban J connectivity index is 4.36.